The largest absolute Gasteiger partial charge is 0.501 e. The summed E-state index contributed by atoms with van der Waals surface area (Å²) in [4.78, 5) is 21.2. The number of imidazole rings is 1. The number of benzene rings is 1. The average Bonchev–Trinajstić information content (AvgIpc) is 3.06. The predicted octanol–water partition coefficient (Wildman–Crippen LogP) is 4.70. The molecule has 0 radical (unpaired) electrons. The number of carbonyl (C=O) groups is 1. The Morgan fingerprint density at radius 3 is 2.83 bits per heavy atom. The number of methoxy groups -OCH3 is 1. The highest BCUT2D eigenvalue weighted by Crippen LogP contribution is 2.24. The Morgan fingerprint density at radius 1 is 1.20 bits per heavy atom. The van der Waals surface area contributed by atoms with Gasteiger partial charge in [-0.25, -0.2) is 9.78 Å². The molecule has 2 aromatic heterocycles. The molecule has 1 aromatic carbocycles. The number of hydrogen-bond acceptors (Lipinski definition) is 4. The molecule has 1 aliphatic rings. The van der Waals surface area contributed by atoms with Gasteiger partial charge in [0.2, 0.25) is 0 Å². The number of carbonyl (C=O) groups excluding carboxylic acids is 1. The van der Waals surface area contributed by atoms with Crippen LogP contribution in [-0.2, 0) is 11.3 Å². The Bertz CT molecular complexity index is 1160. The minimum atomic E-state index is -0.338. The molecule has 0 spiro atoms. The number of allylic oxidation sites excluding steroid dienone is 4. The lowest BCUT2D eigenvalue weighted by Gasteiger charge is -2.12. The van der Waals surface area contributed by atoms with Gasteiger partial charge in [-0.1, -0.05) is 22.0 Å². The molecule has 0 saturated heterocycles. The average molecular weight is 466 g/mol. The van der Waals surface area contributed by atoms with E-state index >= 15 is 0 Å². The zero-order valence-electron chi connectivity index (χ0n) is 16.3. The fraction of sp³-hybridized carbons (Fsp3) is 0.136. The maximum Gasteiger partial charge on any atom is 0.323 e. The first kappa shape index (κ1) is 19.9. The Morgan fingerprint density at radius 2 is 2.03 bits per heavy atom. The van der Waals surface area contributed by atoms with Gasteiger partial charge in [0, 0.05) is 35.5 Å². The normalized spacial score (nSPS) is 13.7. The summed E-state index contributed by atoms with van der Waals surface area (Å²) < 4.78 is 8.21. The first-order valence-corrected chi connectivity index (χ1v) is 10.1. The van der Waals surface area contributed by atoms with E-state index in [2.05, 4.69) is 36.5 Å². The molecule has 0 atom stereocenters. The van der Waals surface area contributed by atoms with Crippen molar-refractivity contribution in [2.45, 2.75) is 13.0 Å². The maximum atomic E-state index is 12.6. The molecule has 2 heterocycles. The van der Waals surface area contributed by atoms with Gasteiger partial charge in [-0.2, -0.15) is 0 Å². The highest BCUT2D eigenvalue weighted by molar-refractivity contribution is 9.11. The van der Waals surface area contributed by atoms with E-state index in [0.29, 0.717) is 18.7 Å². The van der Waals surface area contributed by atoms with Gasteiger partial charge >= 0.3 is 6.03 Å². The Hall–Kier alpha value is -3.39. The van der Waals surface area contributed by atoms with Crippen LogP contribution >= 0.6 is 15.9 Å². The lowest BCUT2D eigenvalue weighted by molar-refractivity contribution is 0.253. The van der Waals surface area contributed by atoms with Crippen molar-refractivity contribution in [2.75, 3.05) is 12.4 Å². The summed E-state index contributed by atoms with van der Waals surface area (Å²) >= 11 is 3.45. The minimum absolute atomic E-state index is 0.338. The molecule has 0 unspecified atom stereocenters. The number of nitrogens with one attached hydrogen (secondary N) is 2. The number of ether oxygens (including phenoxy) is 1. The van der Waals surface area contributed by atoms with Crippen molar-refractivity contribution < 1.29 is 9.53 Å². The van der Waals surface area contributed by atoms with Gasteiger partial charge in [-0.15, -0.1) is 0 Å². The number of pyridine rings is 1. The van der Waals surface area contributed by atoms with Crippen molar-refractivity contribution in [3.63, 3.8) is 0 Å². The fourth-order valence-electron chi connectivity index (χ4n) is 3.20. The van der Waals surface area contributed by atoms with E-state index in [-0.39, 0.29) is 6.03 Å². The third kappa shape index (κ3) is 4.60. The van der Waals surface area contributed by atoms with Crippen LogP contribution in [0.2, 0.25) is 0 Å². The van der Waals surface area contributed by atoms with Gasteiger partial charge in [0.05, 0.1) is 24.6 Å². The number of rotatable bonds is 5. The summed E-state index contributed by atoms with van der Waals surface area (Å²) in [6.45, 7) is 0.675. The molecular formula is C22H20BrN5O2. The number of amides is 2. The highest BCUT2D eigenvalue weighted by Gasteiger charge is 2.13. The smallest absolute Gasteiger partial charge is 0.323 e. The third-order valence-electron chi connectivity index (χ3n) is 4.64. The summed E-state index contributed by atoms with van der Waals surface area (Å²) in [6.07, 6.45) is 11.4. The number of hydrogen-bond donors (Lipinski definition) is 2. The van der Waals surface area contributed by atoms with Crippen molar-refractivity contribution >= 4 is 38.7 Å². The SMILES string of the molecule is COC1=CC=C(Br)C=C(NC(=O)Nc2cccc3c2ncn3Cc2ccncc2)C1. The van der Waals surface area contributed by atoms with Gasteiger partial charge in [-0.3, -0.25) is 4.98 Å². The van der Waals surface area contributed by atoms with E-state index in [9.17, 15) is 4.79 Å². The van der Waals surface area contributed by atoms with E-state index in [1.165, 1.54) is 0 Å². The van der Waals surface area contributed by atoms with Crippen LogP contribution in [-0.4, -0.2) is 27.7 Å². The van der Waals surface area contributed by atoms with Crippen LogP contribution in [0.5, 0.6) is 0 Å². The standard InChI is InChI=1S/C22H20BrN5O2/c1-30-18-6-5-16(23)11-17(12-18)26-22(29)27-19-3-2-4-20-21(19)25-14-28(20)13-15-7-9-24-10-8-15/h2-11,14H,12-13H2,1H3,(H2,26,27,29). The molecule has 4 rings (SSSR count). The van der Waals surface area contributed by atoms with Gasteiger partial charge in [0.1, 0.15) is 11.3 Å². The fourth-order valence-corrected chi connectivity index (χ4v) is 3.61. The van der Waals surface area contributed by atoms with Gasteiger partial charge in [0.25, 0.3) is 0 Å². The Kier molecular flexibility index (Phi) is 5.94. The van der Waals surface area contributed by atoms with Crippen LogP contribution < -0.4 is 10.6 Å². The molecule has 3 aromatic rings. The molecule has 0 saturated carbocycles. The number of para-hydroxylation sites is 1. The lowest BCUT2D eigenvalue weighted by Crippen LogP contribution is -2.28. The topological polar surface area (TPSA) is 81.1 Å². The number of anilines is 1. The Balaban J connectivity index is 1.51. The molecule has 0 fully saturated rings. The van der Waals surface area contributed by atoms with Crippen LogP contribution in [0.1, 0.15) is 12.0 Å². The maximum absolute atomic E-state index is 12.6. The second-order valence-electron chi connectivity index (χ2n) is 6.72. The summed E-state index contributed by atoms with van der Waals surface area (Å²) in [5.74, 6) is 0.757. The minimum Gasteiger partial charge on any atom is -0.501 e. The van der Waals surface area contributed by atoms with Crippen LogP contribution in [0.15, 0.2) is 83.2 Å². The molecule has 0 aliphatic heterocycles. The first-order chi connectivity index (χ1) is 14.6. The molecular weight excluding hydrogens is 446 g/mol. The predicted molar refractivity (Wildman–Crippen MR) is 120 cm³/mol. The monoisotopic (exact) mass is 465 g/mol. The van der Waals surface area contributed by atoms with E-state index in [0.717, 1.165) is 32.5 Å². The number of halogens is 1. The third-order valence-corrected chi connectivity index (χ3v) is 5.14. The van der Waals surface area contributed by atoms with Crippen LogP contribution in [0.3, 0.4) is 0 Å². The molecule has 2 amide bonds. The van der Waals surface area contributed by atoms with Gasteiger partial charge in [-0.05, 0) is 48.1 Å². The summed E-state index contributed by atoms with van der Waals surface area (Å²) in [5.41, 5.74) is 4.16. The van der Waals surface area contributed by atoms with Crippen LogP contribution in [0, 0.1) is 0 Å². The quantitative estimate of drug-likeness (QED) is 0.572. The molecule has 7 nitrogen and oxygen atoms in total. The molecule has 8 heteroatoms. The van der Waals surface area contributed by atoms with Crippen molar-refractivity contribution in [3.8, 4) is 0 Å². The number of fused-ring (bicyclic) bond motifs is 1. The molecule has 30 heavy (non-hydrogen) atoms. The molecule has 2 N–H and O–H groups in total. The van der Waals surface area contributed by atoms with Crippen LogP contribution in [0.25, 0.3) is 11.0 Å². The zero-order valence-corrected chi connectivity index (χ0v) is 17.9. The number of aromatic nitrogens is 3. The number of nitrogens with zero attached hydrogens (tertiary/aromatic N) is 3. The molecule has 1 aliphatic carbocycles. The van der Waals surface area contributed by atoms with Crippen molar-refractivity contribution in [2.24, 2.45) is 0 Å². The van der Waals surface area contributed by atoms with Gasteiger partial charge < -0.3 is 19.9 Å². The summed E-state index contributed by atoms with van der Waals surface area (Å²) in [6, 6.07) is 9.32. The molecule has 152 valence electrons. The van der Waals surface area contributed by atoms with Gasteiger partial charge in [0.15, 0.2) is 0 Å². The molecule has 0 bridgehead atoms. The van der Waals surface area contributed by atoms with Crippen molar-refractivity contribution in [1.29, 1.82) is 0 Å². The Labute approximate surface area is 182 Å². The lowest BCUT2D eigenvalue weighted by atomic mass is 10.2. The second kappa shape index (κ2) is 8.96. The first-order valence-electron chi connectivity index (χ1n) is 9.34. The van der Waals surface area contributed by atoms with Crippen molar-refractivity contribution in [1.82, 2.24) is 19.9 Å². The number of urea groups is 1. The highest BCUT2D eigenvalue weighted by atomic mass is 79.9. The zero-order chi connectivity index (χ0) is 20.9. The van der Waals surface area contributed by atoms with E-state index in [1.54, 1.807) is 25.8 Å². The van der Waals surface area contributed by atoms with E-state index in [4.69, 9.17) is 4.74 Å². The second-order valence-corrected chi connectivity index (χ2v) is 7.63. The van der Waals surface area contributed by atoms with E-state index < -0.39 is 0 Å². The summed E-state index contributed by atoms with van der Waals surface area (Å²) in [7, 11) is 1.61. The van der Waals surface area contributed by atoms with Crippen LogP contribution in [0.4, 0.5) is 10.5 Å². The van der Waals surface area contributed by atoms with E-state index in [1.807, 2.05) is 53.1 Å². The van der Waals surface area contributed by atoms with Crippen molar-refractivity contribution in [3.05, 3.63) is 88.8 Å². The summed E-state index contributed by atoms with van der Waals surface area (Å²) in [5, 5.41) is 5.80.